The van der Waals surface area contributed by atoms with Crippen LogP contribution in [0.1, 0.15) is 6.42 Å². The summed E-state index contributed by atoms with van der Waals surface area (Å²) in [5, 5.41) is 3.39. The molecule has 0 amide bonds. The Hall–Kier alpha value is -0.840. The molecule has 0 aliphatic carbocycles. The quantitative estimate of drug-likeness (QED) is 0.355. The first-order valence-electron chi connectivity index (χ1n) is 4.39. The van der Waals surface area contributed by atoms with Gasteiger partial charge in [-0.1, -0.05) is 17.2 Å². The summed E-state index contributed by atoms with van der Waals surface area (Å²) in [7, 11) is -1.03. The fourth-order valence-electron chi connectivity index (χ4n) is 1.05. The Morgan fingerprint density at radius 2 is 2.20 bits per heavy atom. The maximum atomic E-state index is 11.8. The van der Waals surface area contributed by atoms with E-state index in [0.29, 0.717) is 18.7 Å². The van der Waals surface area contributed by atoms with E-state index in [1.165, 1.54) is 0 Å². The molecule has 0 fully saturated rings. The number of hydrogen-bond donors (Lipinski definition) is 0. The molecule has 0 bridgehead atoms. The second-order valence-corrected chi connectivity index (χ2v) is 5.18. The molecule has 1 aromatic carbocycles. The average molecular weight is 288 g/mol. The van der Waals surface area contributed by atoms with Crippen molar-refractivity contribution in [1.82, 2.24) is 0 Å². The van der Waals surface area contributed by atoms with Gasteiger partial charge in [-0.05, 0) is 40.0 Å². The molecule has 1 atom stereocenters. The molecule has 1 unspecified atom stereocenters. The van der Waals surface area contributed by atoms with E-state index >= 15 is 0 Å². The molecular formula is C9H10BrN3OS. The molecule has 0 radical (unpaired) electrons. The van der Waals surface area contributed by atoms with Crippen molar-refractivity contribution < 1.29 is 4.21 Å². The van der Waals surface area contributed by atoms with Crippen LogP contribution in [0.15, 0.2) is 38.7 Å². The highest BCUT2D eigenvalue weighted by Gasteiger charge is 2.06. The zero-order valence-electron chi connectivity index (χ0n) is 7.97. The fraction of sp³-hybridized carbons (Fsp3) is 0.333. The van der Waals surface area contributed by atoms with Crippen molar-refractivity contribution in [2.24, 2.45) is 5.11 Å². The van der Waals surface area contributed by atoms with Crippen LogP contribution in [0.2, 0.25) is 0 Å². The minimum Gasteiger partial charge on any atom is -0.254 e. The lowest BCUT2D eigenvalue weighted by Gasteiger charge is -2.02. The van der Waals surface area contributed by atoms with Crippen molar-refractivity contribution >= 4 is 26.7 Å². The summed E-state index contributed by atoms with van der Waals surface area (Å²) >= 11 is 3.34. The van der Waals surface area contributed by atoms with E-state index in [2.05, 4.69) is 26.0 Å². The smallest absolute Gasteiger partial charge is 0.0541 e. The highest BCUT2D eigenvalue weighted by atomic mass is 79.9. The third-order valence-electron chi connectivity index (χ3n) is 1.73. The van der Waals surface area contributed by atoms with Gasteiger partial charge in [0.1, 0.15) is 0 Å². The first-order chi connectivity index (χ1) is 7.25. The number of benzene rings is 1. The van der Waals surface area contributed by atoms with E-state index in [1.54, 1.807) is 0 Å². The zero-order valence-corrected chi connectivity index (χ0v) is 10.4. The number of azide groups is 1. The summed E-state index contributed by atoms with van der Waals surface area (Å²) in [5.41, 5.74) is 8.07. The molecule has 0 aliphatic rings. The van der Waals surface area contributed by atoms with Crippen LogP contribution < -0.4 is 0 Å². The zero-order chi connectivity index (χ0) is 11.1. The Kier molecular flexibility index (Phi) is 5.39. The molecular weight excluding hydrogens is 278 g/mol. The van der Waals surface area contributed by atoms with Crippen LogP contribution in [-0.4, -0.2) is 16.5 Å². The third kappa shape index (κ3) is 4.03. The van der Waals surface area contributed by atoms with Gasteiger partial charge in [-0.25, -0.2) is 0 Å². The standard InChI is InChI=1S/C9H10BrN3OS/c10-8-4-1-2-5-9(8)15(14)7-3-6-12-13-11/h1-2,4-5H,3,6-7H2. The lowest BCUT2D eigenvalue weighted by atomic mass is 10.4. The van der Waals surface area contributed by atoms with Gasteiger partial charge in [0, 0.05) is 21.7 Å². The van der Waals surface area contributed by atoms with Crippen LogP contribution >= 0.6 is 15.9 Å². The van der Waals surface area contributed by atoms with Gasteiger partial charge in [0.05, 0.1) is 15.7 Å². The van der Waals surface area contributed by atoms with Gasteiger partial charge in [0.15, 0.2) is 0 Å². The molecule has 0 aliphatic heterocycles. The Morgan fingerprint density at radius 3 is 2.87 bits per heavy atom. The molecule has 1 aromatic rings. The Labute approximate surface area is 98.9 Å². The Morgan fingerprint density at radius 1 is 1.47 bits per heavy atom. The van der Waals surface area contributed by atoms with Crippen LogP contribution in [0.25, 0.3) is 10.4 Å². The van der Waals surface area contributed by atoms with E-state index in [-0.39, 0.29) is 0 Å². The van der Waals surface area contributed by atoms with Crippen LogP contribution in [0.5, 0.6) is 0 Å². The van der Waals surface area contributed by atoms with Gasteiger partial charge in [0.25, 0.3) is 0 Å². The van der Waals surface area contributed by atoms with E-state index in [1.807, 2.05) is 24.3 Å². The van der Waals surface area contributed by atoms with E-state index in [4.69, 9.17) is 5.53 Å². The van der Waals surface area contributed by atoms with Crippen molar-refractivity contribution in [3.05, 3.63) is 39.2 Å². The monoisotopic (exact) mass is 287 g/mol. The van der Waals surface area contributed by atoms with Crippen molar-refractivity contribution in [2.45, 2.75) is 11.3 Å². The average Bonchev–Trinajstić information content (AvgIpc) is 2.25. The summed E-state index contributed by atoms with van der Waals surface area (Å²) < 4.78 is 12.6. The highest BCUT2D eigenvalue weighted by molar-refractivity contribution is 9.10. The topological polar surface area (TPSA) is 65.8 Å². The highest BCUT2D eigenvalue weighted by Crippen LogP contribution is 2.19. The summed E-state index contributed by atoms with van der Waals surface area (Å²) in [6.45, 7) is 0.396. The van der Waals surface area contributed by atoms with Gasteiger partial charge in [0.2, 0.25) is 0 Å². The van der Waals surface area contributed by atoms with Crippen molar-refractivity contribution in [3.8, 4) is 0 Å². The molecule has 15 heavy (non-hydrogen) atoms. The first kappa shape index (κ1) is 12.2. The van der Waals surface area contributed by atoms with E-state index in [0.717, 1.165) is 9.37 Å². The van der Waals surface area contributed by atoms with Crippen LogP contribution in [-0.2, 0) is 10.8 Å². The fourth-order valence-corrected chi connectivity index (χ4v) is 3.00. The molecule has 0 aromatic heterocycles. The number of rotatable bonds is 5. The van der Waals surface area contributed by atoms with Crippen molar-refractivity contribution in [1.29, 1.82) is 0 Å². The predicted molar refractivity (Wildman–Crippen MR) is 64.0 cm³/mol. The Bertz CT molecular complexity index is 404. The van der Waals surface area contributed by atoms with Gasteiger partial charge in [-0.3, -0.25) is 4.21 Å². The largest absolute Gasteiger partial charge is 0.254 e. The summed E-state index contributed by atoms with van der Waals surface area (Å²) in [6, 6.07) is 7.42. The summed E-state index contributed by atoms with van der Waals surface area (Å²) in [4.78, 5) is 3.43. The lowest BCUT2D eigenvalue weighted by Crippen LogP contribution is -2.00. The predicted octanol–water partition coefficient (Wildman–Crippen LogP) is 3.26. The molecule has 1 rings (SSSR count). The number of nitrogens with zero attached hydrogens (tertiary/aromatic N) is 3. The second-order valence-electron chi connectivity index (χ2n) is 2.79. The normalized spacial score (nSPS) is 11.8. The van der Waals surface area contributed by atoms with Gasteiger partial charge in [-0.2, -0.15) is 0 Å². The Balaban J connectivity index is 2.54. The SMILES string of the molecule is [N-]=[N+]=NCCCS(=O)c1ccccc1Br. The van der Waals surface area contributed by atoms with Gasteiger partial charge < -0.3 is 0 Å². The van der Waals surface area contributed by atoms with Gasteiger partial charge in [-0.15, -0.1) is 0 Å². The maximum absolute atomic E-state index is 11.8. The molecule has 0 saturated heterocycles. The maximum Gasteiger partial charge on any atom is 0.0541 e. The molecule has 0 heterocycles. The van der Waals surface area contributed by atoms with E-state index < -0.39 is 10.8 Å². The minimum absolute atomic E-state index is 0.396. The second kappa shape index (κ2) is 6.61. The van der Waals surface area contributed by atoms with Gasteiger partial charge >= 0.3 is 0 Å². The molecule has 0 spiro atoms. The molecule has 0 N–H and O–H groups in total. The van der Waals surface area contributed by atoms with Crippen molar-refractivity contribution in [3.63, 3.8) is 0 Å². The number of hydrogen-bond acceptors (Lipinski definition) is 2. The molecule has 6 heteroatoms. The van der Waals surface area contributed by atoms with E-state index in [9.17, 15) is 4.21 Å². The molecule has 80 valence electrons. The van der Waals surface area contributed by atoms with Crippen molar-refractivity contribution in [2.75, 3.05) is 12.3 Å². The van der Waals surface area contributed by atoms with Crippen LogP contribution in [0.4, 0.5) is 0 Å². The summed E-state index contributed by atoms with van der Waals surface area (Å²) in [5.74, 6) is 0.516. The van der Waals surface area contributed by atoms with Crippen LogP contribution in [0.3, 0.4) is 0 Å². The third-order valence-corrected chi connectivity index (χ3v) is 4.19. The lowest BCUT2D eigenvalue weighted by molar-refractivity contribution is 0.680. The number of halogens is 1. The first-order valence-corrected chi connectivity index (χ1v) is 6.50. The minimum atomic E-state index is -1.03. The summed E-state index contributed by atoms with van der Waals surface area (Å²) in [6.07, 6.45) is 0.637. The molecule has 4 nitrogen and oxygen atoms in total. The van der Waals surface area contributed by atoms with Crippen LogP contribution in [0, 0.1) is 0 Å². The molecule has 0 saturated carbocycles.